The van der Waals surface area contributed by atoms with E-state index in [-0.39, 0.29) is 10.6 Å². The molecule has 1 aromatic rings. The first-order valence-electron chi connectivity index (χ1n) is 6.66. The summed E-state index contributed by atoms with van der Waals surface area (Å²) in [5.74, 6) is 0.666. The van der Waals surface area contributed by atoms with Crippen LogP contribution in [0.1, 0.15) is 37.7 Å². The van der Waals surface area contributed by atoms with Crippen molar-refractivity contribution in [3.05, 3.63) is 33.9 Å². The molecular weight excluding hydrogens is 228 g/mol. The van der Waals surface area contributed by atoms with E-state index < -0.39 is 0 Å². The maximum Gasteiger partial charge on any atom is 0.292 e. The summed E-state index contributed by atoms with van der Waals surface area (Å²) < 4.78 is 0. The lowest BCUT2D eigenvalue weighted by Gasteiger charge is -2.22. The molecule has 1 aliphatic rings. The minimum Gasteiger partial charge on any atom is -0.379 e. The standard InChI is InChI=1S/C14H20N2O2/c1-11-7-8-13(14(9-11)16(17)18)15-10-12-5-3-2-4-6-12/h7-9,12,15H,2-6,10H2,1H3. The molecule has 0 saturated heterocycles. The Morgan fingerprint density at radius 3 is 2.72 bits per heavy atom. The largest absolute Gasteiger partial charge is 0.379 e. The Balaban J connectivity index is 2.01. The molecule has 1 N–H and O–H groups in total. The SMILES string of the molecule is Cc1ccc(NCC2CCCCC2)c([N+](=O)[O-])c1. The Morgan fingerprint density at radius 1 is 1.33 bits per heavy atom. The van der Waals surface area contributed by atoms with Gasteiger partial charge < -0.3 is 5.32 Å². The molecule has 18 heavy (non-hydrogen) atoms. The molecule has 1 fully saturated rings. The van der Waals surface area contributed by atoms with Crippen LogP contribution in [0.15, 0.2) is 18.2 Å². The van der Waals surface area contributed by atoms with Crippen molar-refractivity contribution in [2.75, 3.05) is 11.9 Å². The Kier molecular flexibility index (Phi) is 4.18. The van der Waals surface area contributed by atoms with E-state index in [1.807, 2.05) is 19.1 Å². The number of nitro groups is 1. The van der Waals surface area contributed by atoms with Crippen LogP contribution in [0.5, 0.6) is 0 Å². The average Bonchev–Trinajstić information content (AvgIpc) is 2.38. The van der Waals surface area contributed by atoms with Crippen molar-refractivity contribution in [1.82, 2.24) is 0 Å². The third-order valence-corrected chi connectivity index (χ3v) is 3.66. The minimum atomic E-state index is -0.309. The fraction of sp³-hybridized carbons (Fsp3) is 0.571. The second-order valence-electron chi connectivity index (χ2n) is 5.16. The van der Waals surface area contributed by atoms with Crippen molar-refractivity contribution in [2.24, 2.45) is 5.92 Å². The van der Waals surface area contributed by atoms with Crippen LogP contribution in [-0.4, -0.2) is 11.5 Å². The lowest BCUT2D eigenvalue weighted by Crippen LogP contribution is -2.17. The molecule has 0 bridgehead atoms. The van der Waals surface area contributed by atoms with Gasteiger partial charge in [-0.3, -0.25) is 10.1 Å². The fourth-order valence-corrected chi connectivity index (χ4v) is 2.59. The van der Waals surface area contributed by atoms with Gasteiger partial charge in [-0.2, -0.15) is 0 Å². The predicted octanol–water partition coefficient (Wildman–Crippen LogP) is 3.90. The average molecular weight is 248 g/mol. The molecule has 0 heterocycles. The van der Waals surface area contributed by atoms with Crippen molar-refractivity contribution in [3.63, 3.8) is 0 Å². The molecule has 1 aliphatic carbocycles. The molecule has 0 aliphatic heterocycles. The van der Waals surface area contributed by atoms with E-state index in [1.165, 1.54) is 32.1 Å². The normalized spacial score (nSPS) is 16.5. The zero-order chi connectivity index (χ0) is 13.0. The van der Waals surface area contributed by atoms with E-state index in [0.29, 0.717) is 11.6 Å². The van der Waals surface area contributed by atoms with E-state index in [4.69, 9.17) is 0 Å². The van der Waals surface area contributed by atoms with Gasteiger partial charge in [0.1, 0.15) is 5.69 Å². The summed E-state index contributed by atoms with van der Waals surface area (Å²) in [7, 11) is 0. The summed E-state index contributed by atoms with van der Waals surface area (Å²) in [5.41, 5.74) is 1.76. The number of nitrogens with one attached hydrogen (secondary N) is 1. The van der Waals surface area contributed by atoms with Gasteiger partial charge in [0.05, 0.1) is 4.92 Å². The van der Waals surface area contributed by atoms with Crippen molar-refractivity contribution in [1.29, 1.82) is 0 Å². The van der Waals surface area contributed by atoms with Gasteiger partial charge in [0.15, 0.2) is 0 Å². The first kappa shape index (κ1) is 12.9. The summed E-state index contributed by atoms with van der Waals surface area (Å²) in [4.78, 5) is 10.7. The number of hydrogen-bond donors (Lipinski definition) is 1. The van der Waals surface area contributed by atoms with Crippen LogP contribution in [0.2, 0.25) is 0 Å². The van der Waals surface area contributed by atoms with Gasteiger partial charge in [0, 0.05) is 12.6 Å². The Hall–Kier alpha value is -1.58. The highest BCUT2D eigenvalue weighted by molar-refractivity contribution is 5.62. The molecule has 98 valence electrons. The Bertz CT molecular complexity index is 426. The van der Waals surface area contributed by atoms with Crippen LogP contribution >= 0.6 is 0 Å². The molecule has 1 aromatic carbocycles. The molecule has 4 nitrogen and oxygen atoms in total. The maximum absolute atomic E-state index is 11.0. The van der Waals surface area contributed by atoms with Crippen LogP contribution < -0.4 is 5.32 Å². The molecular formula is C14H20N2O2. The van der Waals surface area contributed by atoms with E-state index in [0.717, 1.165) is 12.1 Å². The molecule has 0 aromatic heterocycles. The van der Waals surface area contributed by atoms with Crippen molar-refractivity contribution < 1.29 is 4.92 Å². The number of nitrogens with zero attached hydrogens (tertiary/aromatic N) is 1. The summed E-state index contributed by atoms with van der Waals surface area (Å²) in [6, 6.07) is 5.36. The van der Waals surface area contributed by atoms with Gasteiger partial charge in [0.2, 0.25) is 0 Å². The van der Waals surface area contributed by atoms with Gasteiger partial charge in [0.25, 0.3) is 5.69 Å². The van der Waals surface area contributed by atoms with Gasteiger partial charge in [-0.15, -0.1) is 0 Å². The third-order valence-electron chi connectivity index (χ3n) is 3.66. The lowest BCUT2D eigenvalue weighted by atomic mass is 9.89. The number of anilines is 1. The molecule has 4 heteroatoms. The monoisotopic (exact) mass is 248 g/mol. The summed E-state index contributed by atoms with van der Waals surface area (Å²) in [6.45, 7) is 2.72. The number of hydrogen-bond acceptors (Lipinski definition) is 3. The zero-order valence-electron chi connectivity index (χ0n) is 10.8. The van der Waals surface area contributed by atoms with Crippen LogP contribution in [-0.2, 0) is 0 Å². The van der Waals surface area contributed by atoms with Gasteiger partial charge >= 0.3 is 0 Å². The molecule has 0 amide bonds. The molecule has 0 spiro atoms. The Labute approximate surface area is 108 Å². The fourth-order valence-electron chi connectivity index (χ4n) is 2.59. The van der Waals surface area contributed by atoms with Gasteiger partial charge in [-0.1, -0.05) is 25.3 Å². The van der Waals surface area contributed by atoms with Gasteiger partial charge in [-0.25, -0.2) is 0 Å². The highest BCUT2D eigenvalue weighted by Crippen LogP contribution is 2.28. The lowest BCUT2D eigenvalue weighted by molar-refractivity contribution is -0.384. The Morgan fingerprint density at radius 2 is 2.06 bits per heavy atom. The molecule has 0 unspecified atom stereocenters. The maximum atomic E-state index is 11.0. The first-order chi connectivity index (χ1) is 8.66. The summed E-state index contributed by atoms with van der Waals surface area (Å²) in [5, 5.41) is 14.2. The highest BCUT2D eigenvalue weighted by Gasteiger charge is 2.17. The predicted molar refractivity (Wildman–Crippen MR) is 72.9 cm³/mol. The van der Waals surface area contributed by atoms with Crippen molar-refractivity contribution in [2.45, 2.75) is 39.0 Å². The molecule has 1 saturated carbocycles. The smallest absolute Gasteiger partial charge is 0.292 e. The number of aryl methyl sites for hydroxylation is 1. The molecule has 0 radical (unpaired) electrons. The van der Waals surface area contributed by atoms with Gasteiger partial charge in [-0.05, 0) is 37.3 Å². The minimum absolute atomic E-state index is 0.186. The molecule has 0 atom stereocenters. The van der Waals surface area contributed by atoms with Crippen LogP contribution in [0, 0.1) is 23.0 Å². The second-order valence-corrected chi connectivity index (χ2v) is 5.16. The van der Waals surface area contributed by atoms with E-state index in [1.54, 1.807) is 6.07 Å². The molecule has 2 rings (SSSR count). The number of rotatable bonds is 4. The summed E-state index contributed by atoms with van der Waals surface area (Å²) >= 11 is 0. The van der Waals surface area contributed by atoms with Crippen molar-refractivity contribution in [3.8, 4) is 0 Å². The van der Waals surface area contributed by atoms with E-state index in [2.05, 4.69) is 5.32 Å². The van der Waals surface area contributed by atoms with Crippen LogP contribution in [0.3, 0.4) is 0 Å². The highest BCUT2D eigenvalue weighted by atomic mass is 16.6. The topological polar surface area (TPSA) is 55.2 Å². The van der Waals surface area contributed by atoms with Crippen molar-refractivity contribution >= 4 is 11.4 Å². The first-order valence-corrected chi connectivity index (χ1v) is 6.66. The van der Waals surface area contributed by atoms with Crippen LogP contribution in [0.4, 0.5) is 11.4 Å². The second kappa shape index (κ2) is 5.85. The van der Waals surface area contributed by atoms with E-state index in [9.17, 15) is 10.1 Å². The van der Waals surface area contributed by atoms with E-state index >= 15 is 0 Å². The quantitative estimate of drug-likeness (QED) is 0.649. The number of nitro benzene ring substituents is 1. The zero-order valence-corrected chi connectivity index (χ0v) is 10.8. The van der Waals surface area contributed by atoms with Crippen LogP contribution in [0.25, 0.3) is 0 Å². The third kappa shape index (κ3) is 3.22. The number of benzene rings is 1. The summed E-state index contributed by atoms with van der Waals surface area (Å²) in [6.07, 6.45) is 6.41.